The van der Waals surface area contributed by atoms with Gasteiger partial charge >= 0.3 is 0 Å². The molecule has 0 saturated carbocycles. The second-order valence-electron chi connectivity index (χ2n) is 5.91. The van der Waals surface area contributed by atoms with Crippen molar-refractivity contribution in [1.82, 2.24) is 9.80 Å². The smallest absolute Gasteiger partial charge is 0.263 e. The largest absolute Gasteiger partial charge is 0.337 e. The van der Waals surface area contributed by atoms with Gasteiger partial charge < -0.3 is 9.80 Å². The summed E-state index contributed by atoms with van der Waals surface area (Å²) >= 11 is 1.46. The molecule has 0 radical (unpaired) electrons. The third kappa shape index (κ3) is 3.26. The highest BCUT2D eigenvalue weighted by atomic mass is 32.1. The summed E-state index contributed by atoms with van der Waals surface area (Å²) < 4.78 is 0. The molecule has 0 aliphatic carbocycles. The number of nitrogens with zero attached hydrogens (tertiary/aromatic N) is 2. The molecule has 0 unspecified atom stereocenters. The van der Waals surface area contributed by atoms with Crippen LogP contribution in [0.15, 0.2) is 54.4 Å². The van der Waals surface area contributed by atoms with Gasteiger partial charge in [-0.05, 0) is 35.1 Å². The first-order valence-electron chi connectivity index (χ1n) is 7.92. The van der Waals surface area contributed by atoms with Gasteiger partial charge in [-0.3, -0.25) is 9.59 Å². The van der Waals surface area contributed by atoms with E-state index in [1.165, 1.54) is 17.4 Å². The topological polar surface area (TPSA) is 40.6 Å². The van der Waals surface area contributed by atoms with Gasteiger partial charge in [0.25, 0.3) is 5.91 Å². The molecule has 1 atom stereocenters. The Labute approximate surface area is 146 Å². The minimum absolute atomic E-state index is 0.0140. The predicted molar refractivity (Wildman–Crippen MR) is 97.0 cm³/mol. The van der Waals surface area contributed by atoms with Crippen molar-refractivity contribution in [2.75, 3.05) is 20.1 Å². The summed E-state index contributed by atoms with van der Waals surface area (Å²) in [4.78, 5) is 28.7. The van der Waals surface area contributed by atoms with E-state index in [9.17, 15) is 9.59 Å². The second kappa shape index (κ2) is 7.01. The molecule has 24 heavy (non-hydrogen) atoms. The molecule has 0 bridgehead atoms. The molecule has 1 aliphatic rings. The number of benzene rings is 1. The first kappa shape index (κ1) is 16.5. The average Bonchev–Trinajstić information content (AvgIpc) is 3.30. The molecule has 4 nitrogen and oxygen atoms in total. The summed E-state index contributed by atoms with van der Waals surface area (Å²) in [6.45, 7) is 4.77. The molecule has 2 amide bonds. The number of likely N-dealkylation sites (tertiary alicyclic amines) is 1. The molecular formula is C19H20N2O2S. The Morgan fingerprint density at radius 1 is 1.29 bits per heavy atom. The summed E-state index contributed by atoms with van der Waals surface area (Å²) in [5, 5.41) is 2.01. The van der Waals surface area contributed by atoms with Crippen molar-refractivity contribution in [3.8, 4) is 11.1 Å². The number of likely N-dealkylation sites (N-methyl/N-ethyl adjacent to an activating group) is 1. The number of rotatable bonds is 4. The van der Waals surface area contributed by atoms with Crippen molar-refractivity contribution in [2.24, 2.45) is 0 Å². The first-order chi connectivity index (χ1) is 11.6. The molecule has 0 N–H and O–H groups in total. The van der Waals surface area contributed by atoms with Gasteiger partial charge in [-0.15, -0.1) is 11.3 Å². The Kier molecular flexibility index (Phi) is 4.81. The fraction of sp³-hybridized carbons (Fsp3) is 0.263. The van der Waals surface area contributed by atoms with Crippen molar-refractivity contribution in [3.05, 3.63) is 59.3 Å². The van der Waals surface area contributed by atoms with Crippen LogP contribution in [0.3, 0.4) is 0 Å². The van der Waals surface area contributed by atoms with Gasteiger partial charge in [0.1, 0.15) is 0 Å². The first-order valence-corrected chi connectivity index (χ1v) is 8.80. The molecule has 1 aliphatic heterocycles. The fourth-order valence-electron chi connectivity index (χ4n) is 2.96. The van der Waals surface area contributed by atoms with Crippen LogP contribution in [-0.2, 0) is 4.79 Å². The SMILES string of the molecule is C=CC(=O)N1CC[C@@H](N(C)C(=O)c2cc(-c3ccccc3)cs2)C1. The lowest BCUT2D eigenvalue weighted by atomic mass is 10.1. The molecule has 1 aromatic carbocycles. The number of amides is 2. The maximum Gasteiger partial charge on any atom is 0.263 e. The molecule has 0 spiro atoms. The molecule has 1 saturated heterocycles. The highest BCUT2D eigenvalue weighted by molar-refractivity contribution is 7.12. The lowest BCUT2D eigenvalue weighted by Crippen LogP contribution is -2.39. The third-order valence-corrected chi connectivity index (χ3v) is 5.35. The van der Waals surface area contributed by atoms with Gasteiger partial charge in [0, 0.05) is 20.1 Å². The van der Waals surface area contributed by atoms with E-state index < -0.39 is 0 Å². The van der Waals surface area contributed by atoms with Crippen LogP contribution in [0.1, 0.15) is 16.1 Å². The zero-order chi connectivity index (χ0) is 17.1. The summed E-state index contributed by atoms with van der Waals surface area (Å²) in [6, 6.07) is 12.0. The monoisotopic (exact) mass is 340 g/mol. The van der Waals surface area contributed by atoms with Crippen LogP contribution in [0.4, 0.5) is 0 Å². The normalized spacial score (nSPS) is 16.9. The maximum absolute atomic E-state index is 12.7. The predicted octanol–water partition coefficient (Wildman–Crippen LogP) is 3.27. The summed E-state index contributed by atoms with van der Waals surface area (Å²) in [6.07, 6.45) is 2.13. The van der Waals surface area contributed by atoms with Crippen LogP contribution in [0, 0.1) is 0 Å². The van der Waals surface area contributed by atoms with E-state index in [0.29, 0.717) is 13.1 Å². The lowest BCUT2D eigenvalue weighted by molar-refractivity contribution is -0.125. The van der Waals surface area contributed by atoms with Crippen LogP contribution < -0.4 is 0 Å². The number of thiophene rings is 1. The molecule has 1 fully saturated rings. The molecule has 2 aromatic rings. The lowest BCUT2D eigenvalue weighted by Gasteiger charge is -2.24. The van der Waals surface area contributed by atoms with Crippen molar-refractivity contribution in [2.45, 2.75) is 12.5 Å². The molecule has 5 heteroatoms. The van der Waals surface area contributed by atoms with E-state index in [0.717, 1.165) is 22.4 Å². The highest BCUT2D eigenvalue weighted by Crippen LogP contribution is 2.27. The summed E-state index contributed by atoms with van der Waals surface area (Å²) in [7, 11) is 1.82. The Morgan fingerprint density at radius 2 is 2.04 bits per heavy atom. The minimum Gasteiger partial charge on any atom is -0.337 e. The van der Waals surface area contributed by atoms with Crippen LogP contribution >= 0.6 is 11.3 Å². The van der Waals surface area contributed by atoms with Crippen LogP contribution in [0.2, 0.25) is 0 Å². The summed E-state index contributed by atoms with van der Waals surface area (Å²) in [5.41, 5.74) is 2.17. The Morgan fingerprint density at radius 3 is 2.75 bits per heavy atom. The Balaban J connectivity index is 1.70. The zero-order valence-electron chi connectivity index (χ0n) is 13.6. The molecular weight excluding hydrogens is 320 g/mol. The molecule has 1 aromatic heterocycles. The van der Waals surface area contributed by atoms with Gasteiger partial charge in [-0.2, -0.15) is 0 Å². The van der Waals surface area contributed by atoms with E-state index >= 15 is 0 Å². The van der Waals surface area contributed by atoms with Gasteiger partial charge in [0.15, 0.2) is 0 Å². The fourth-order valence-corrected chi connectivity index (χ4v) is 3.86. The average molecular weight is 340 g/mol. The van der Waals surface area contributed by atoms with Gasteiger partial charge in [0.2, 0.25) is 5.91 Å². The van der Waals surface area contributed by atoms with Crippen molar-refractivity contribution >= 4 is 23.2 Å². The molecule has 2 heterocycles. The number of carbonyl (C=O) groups is 2. The van der Waals surface area contributed by atoms with E-state index in [-0.39, 0.29) is 17.9 Å². The third-order valence-electron chi connectivity index (χ3n) is 4.44. The van der Waals surface area contributed by atoms with Crippen molar-refractivity contribution in [1.29, 1.82) is 0 Å². The van der Waals surface area contributed by atoms with Crippen molar-refractivity contribution < 1.29 is 9.59 Å². The Bertz CT molecular complexity index is 754. The zero-order valence-corrected chi connectivity index (χ0v) is 14.5. The number of carbonyl (C=O) groups excluding carboxylic acids is 2. The van der Waals surface area contributed by atoms with Crippen LogP contribution in [-0.4, -0.2) is 47.8 Å². The number of hydrogen-bond donors (Lipinski definition) is 0. The van der Waals surface area contributed by atoms with E-state index in [4.69, 9.17) is 0 Å². The number of hydrogen-bond acceptors (Lipinski definition) is 3. The van der Waals surface area contributed by atoms with Gasteiger partial charge in [0.05, 0.1) is 10.9 Å². The molecule has 124 valence electrons. The van der Waals surface area contributed by atoms with E-state index in [2.05, 4.69) is 6.58 Å². The molecule has 3 rings (SSSR count). The Hall–Kier alpha value is -2.40. The van der Waals surface area contributed by atoms with Gasteiger partial charge in [-0.25, -0.2) is 0 Å². The quantitative estimate of drug-likeness (QED) is 0.802. The summed E-state index contributed by atoms with van der Waals surface area (Å²) in [5.74, 6) is -0.0547. The maximum atomic E-state index is 12.7. The van der Waals surface area contributed by atoms with Crippen LogP contribution in [0.25, 0.3) is 11.1 Å². The standard InChI is InChI=1S/C19H20N2O2S/c1-3-18(22)21-10-9-16(12-21)20(2)19(23)17-11-15(13-24-17)14-7-5-4-6-8-14/h3-8,11,13,16H,1,9-10,12H2,2H3/t16-/m1/s1. The highest BCUT2D eigenvalue weighted by Gasteiger charge is 2.30. The van der Waals surface area contributed by atoms with Crippen LogP contribution in [0.5, 0.6) is 0 Å². The van der Waals surface area contributed by atoms with Gasteiger partial charge in [-0.1, -0.05) is 36.9 Å². The minimum atomic E-state index is -0.0687. The van der Waals surface area contributed by atoms with E-state index in [1.54, 1.807) is 9.80 Å². The second-order valence-corrected chi connectivity index (χ2v) is 6.82. The van der Waals surface area contributed by atoms with Crippen molar-refractivity contribution in [3.63, 3.8) is 0 Å². The van der Waals surface area contributed by atoms with E-state index in [1.807, 2.05) is 48.8 Å².